The number of amides is 2. The van der Waals surface area contributed by atoms with Crippen LogP contribution in [0, 0.1) is 23.7 Å². The predicted molar refractivity (Wildman–Crippen MR) is 80.8 cm³/mol. The van der Waals surface area contributed by atoms with E-state index in [9.17, 15) is 27.9 Å². The Morgan fingerprint density at radius 3 is 2.33 bits per heavy atom. The molecule has 0 spiro atoms. The van der Waals surface area contributed by atoms with Crippen molar-refractivity contribution in [3.05, 3.63) is 0 Å². The Morgan fingerprint density at radius 1 is 1.21 bits per heavy atom. The maximum absolute atomic E-state index is 12.8. The van der Waals surface area contributed by atoms with Gasteiger partial charge in [-0.05, 0) is 43.9 Å². The minimum Gasteiger partial charge on any atom is -0.373 e. The number of rotatable bonds is 5. The smallest absolute Gasteiger partial charge is 0.373 e. The quantitative estimate of drug-likeness (QED) is 0.705. The van der Waals surface area contributed by atoms with E-state index in [2.05, 4.69) is 10.6 Å². The molecule has 2 aliphatic carbocycles. The topological polar surface area (TPSA) is 78.4 Å². The Labute approximate surface area is 139 Å². The molecule has 2 amide bonds. The van der Waals surface area contributed by atoms with Crippen LogP contribution in [0.15, 0.2) is 0 Å². The Balaban J connectivity index is 2.10. The summed E-state index contributed by atoms with van der Waals surface area (Å²) in [6.07, 6.45) is -2.73. The SMILES string of the molecule is CC(C)CNC(=O)[C@@H]1[C@H]2CC[C@H](C2)[C@H]1NC(=O)C(C)(O)C(F)(F)F. The molecule has 0 aliphatic heterocycles. The van der Waals surface area contributed by atoms with Crippen molar-refractivity contribution >= 4 is 11.8 Å². The van der Waals surface area contributed by atoms with Gasteiger partial charge in [0, 0.05) is 12.6 Å². The number of carbonyl (C=O) groups is 2. The lowest BCUT2D eigenvalue weighted by Crippen LogP contribution is -2.60. The number of fused-ring (bicyclic) bond motifs is 2. The molecule has 5 nitrogen and oxygen atoms in total. The average Bonchev–Trinajstić information content (AvgIpc) is 3.04. The third kappa shape index (κ3) is 3.53. The molecule has 0 aromatic rings. The molecule has 0 heterocycles. The summed E-state index contributed by atoms with van der Waals surface area (Å²) in [6.45, 7) is 4.80. The van der Waals surface area contributed by atoms with Crippen LogP contribution in [-0.4, -0.2) is 41.3 Å². The molecule has 8 heteroatoms. The van der Waals surface area contributed by atoms with Crippen LogP contribution >= 0.6 is 0 Å². The van der Waals surface area contributed by atoms with E-state index >= 15 is 0 Å². The van der Waals surface area contributed by atoms with E-state index in [4.69, 9.17) is 0 Å². The Morgan fingerprint density at radius 2 is 1.79 bits per heavy atom. The Hall–Kier alpha value is -1.31. The van der Waals surface area contributed by atoms with Gasteiger partial charge < -0.3 is 15.7 Å². The first-order chi connectivity index (χ1) is 10.9. The van der Waals surface area contributed by atoms with E-state index in [-0.39, 0.29) is 23.7 Å². The van der Waals surface area contributed by atoms with Gasteiger partial charge in [-0.25, -0.2) is 0 Å². The second-order valence-electron chi connectivity index (χ2n) is 7.57. The van der Waals surface area contributed by atoms with E-state index in [1.54, 1.807) is 0 Å². The van der Waals surface area contributed by atoms with E-state index in [1.807, 2.05) is 13.8 Å². The molecular formula is C16H25F3N2O3. The van der Waals surface area contributed by atoms with Gasteiger partial charge in [0.1, 0.15) is 0 Å². The van der Waals surface area contributed by atoms with Crippen LogP contribution < -0.4 is 10.6 Å². The number of hydrogen-bond acceptors (Lipinski definition) is 3. The van der Waals surface area contributed by atoms with Crippen molar-refractivity contribution in [3.63, 3.8) is 0 Å². The molecule has 2 aliphatic rings. The summed E-state index contributed by atoms with van der Waals surface area (Å²) in [4.78, 5) is 24.4. The molecule has 138 valence electrons. The molecule has 3 N–H and O–H groups in total. The van der Waals surface area contributed by atoms with Crippen LogP contribution in [0.25, 0.3) is 0 Å². The zero-order valence-electron chi connectivity index (χ0n) is 14.1. The first kappa shape index (κ1) is 19.0. The Bertz CT molecular complexity index is 505. The molecule has 2 bridgehead atoms. The van der Waals surface area contributed by atoms with Crippen molar-refractivity contribution < 1.29 is 27.9 Å². The molecule has 2 fully saturated rings. The van der Waals surface area contributed by atoms with Crippen molar-refractivity contribution in [2.45, 2.75) is 57.9 Å². The summed E-state index contributed by atoms with van der Waals surface area (Å²) >= 11 is 0. The highest BCUT2D eigenvalue weighted by molar-refractivity contribution is 5.87. The average molecular weight is 350 g/mol. The van der Waals surface area contributed by atoms with Gasteiger partial charge in [-0.1, -0.05) is 13.8 Å². The molecule has 0 saturated heterocycles. The van der Waals surface area contributed by atoms with Crippen LogP contribution in [0.1, 0.15) is 40.0 Å². The van der Waals surface area contributed by atoms with Crippen LogP contribution in [0.4, 0.5) is 13.2 Å². The fourth-order valence-corrected chi connectivity index (χ4v) is 3.72. The zero-order chi connectivity index (χ0) is 18.3. The number of hydrogen-bond donors (Lipinski definition) is 3. The number of aliphatic hydroxyl groups is 1. The van der Waals surface area contributed by atoms with Gasteiger partial charge in [0.15, 0.2) is 0 Å². The summed E-state index contributed by atoms with van der Waals surface area (Å²) in [5.74, 6) is -1.94. The van der Waals surface area contributed by atoms with Crippen molar-refractivity contribution in [2.24, 2.45) is 23.7 Å². The molecule has 5 atom stereocenters. The van der Waals surface area contributed by atoms with Crippen LogP contribution in [-0.2, 0) is 9.59 Å². The summed E-state index contributed by atoms with van der Waals surface area (Å²) in [5, 5.41) is 14.6. The van der Waals surface area contributed by atoms with E-state index < -0.39 is 29.6 Å². The largest absolute Gasteiger partial charge is 0.426 e. The van der Waals surface area contributed by atoms with Gasteiger partial charge >= 0.3 is 6.18 Å². The maximum atomic E-state index is 12.8. The van der Waals surface area contributed by atoms with Gasteiger partial charge in [-0.15, -0.1) is 0 Å². The molecule has 0 radical (unpaired) electrons. The van der Waals surface area contributed by atoms with Crippen LogP contribution in [0.5, 0.6) is 0 Å². The second kappa shape index (κ2) is 6.54. The number of alkyl halides is 3. The lowest BCUT2D eigenvalue weighted by Gasteiger charge is -2.34. The predicted octanol–water partition coefficient (Wildman–Crippen LogP) is 1.60. The lowest BCUT2D eigenvalue weighted by atomic mass is 9.83. The highest BCUT2D eigenvalue weighted by Crippen LogP contribution is 2.49. The van der Waals surface area contributed by atoms with E-state index in [0.29, 0.717) is 13.5 Å². The summed E-state index contributed by atoms with van der Waals surface area (Å²) < 4.78 is 38.5. The third-order valence-electron chi connectivity index (χ3n) is 5.20. The lowest BCUT2D eigenvalue weighted by molar-refractivity contribution is -0.245. The molecule has 0 aromatic carbocycles. The first-order valence-electron chi connectivity index (χ1n) is 8.33. The van der Waals surface area contributed by atoms with Gasteiger partial charge in [0.2, 0.25) is 11.5 Å². The minimum absolute atomic E-state index is 0.0159. The third-order valence-corrected chi connectivity index (χ3v) is 5.20. The van der Waals surface area contributed by atoms with Crippen molar-refractivity contribution in [2.75, 3.05) is 6.54 Å². The van der Waals surface area contributed by atoms with Gasteiger partial charge in [0.05, 0.1) is 5.92 Å². The number of carbonyl (C=O) groups excluding carboxylic acids is 2. The minimum atomic E-state index is -5.07. The first-order valence-corrected chi connectivity index (χ1v) is 8.33. The molecular weight excluding hydrogens is 325 g/mol. The number of nitrogens with one attached hydrogen (secondary N) is 2. The monoisotopic (exact) mass is 350 g/mol. The van der Waals surface area contributed by atoms with E-state index in [1.165, 1.54) is 0 Å². The molecule has 2 saturated carbocycles. The summed E-state index contributed by atoms with van der Waals surface area (Å²) in [7, 11) is 0. The van der Waals surface area contributed by atoms with Crippen LogP contribution in [0.3, 0.4) is 0 Å². The molecule has 2 rings (SSSR count). The van der Waals surface area contributed by atoms with Crippen molar-refractivity contribution in [1.29, 1.82) is 0 Å². The highest BCUT2D eigenvalue weighted by Gasteiger charge is 2.58. The van der Waals surface area contributed by atoms with Gasteiger partial charge in [-0.3, -0.25) is 9.59 Å². The highest BCUT2D eigenvalue weighted by atomic mass is 19.4. The summed E-state index contributed by atoms with van der Waals surface area (Å²) in [6, 6.07) is -0.655. The standard InChI is InChI=1S/C16H25F3N2O3/c1-8(2)7-20-13(22)11-9-4-5-10(6-9)12(11)21-14(23)15(3,24)16(17,18)19/h8-12,24H,4-7H2,1-3H3,(H,20,22)(H,21,23)/t9-,10+,11+,12+,15?/m0/s1. The Kier molecular flexibility index (Phi) is 5.18. The fraction of sp³-hybridized carbons (Fsp3) is 0.875. The number of halogens is 3. The van der Waals surface area contributed by atoms with Crippen molar-refractivity contribution in [1.82, 2.24) is 10.6 Å². The fourth-order valence-electron chi connectivity index (χ4n) is 3.72. The zero-order valence-corrected chi connectivity index (χ0v) is 14.1. The maximum Gasteiger partial charge on any atom is 0.426 e. The van der Waals surface area contributed by atoms with Crippen LogP contribution in [0.2, 0.25) is 0 Å². The van der Waals surface area contributed by atoms with Crippen molar-refractivity contribution in [3.8, 4) is 0 Å². The molecule has 0 aromatic heterocycles. The summed E-state index contributed by atoms with van der Waals surface area (Å²) in [5.41, 5.74) is -3.46. The van der Waals surface area contributed by atoms with Gasteiger partial charge in [-0.2, -0.15) is 13.2 Å². The normalized spacial score (nSPS) is 31.8. The van der Waals surface area contributed by atoms with E-state index in [0.717, 1.165) is 19.3 Å². The molecule has 24 heavy (non-hydrogen) atoms. The molecule has 1 unspecified atom stereocenters. The van der Waals surface area contributed by atoms with Gasteiger partial charge in [0.25, 0.3) is 5.91 Å². The second-order valence-corrected chi connectivity index (χ2v) is 7.57.